The lowest BCUT2D eigenvalue weighted by atomic mass is 9.89. The van der Waals surface area contributed by atoms with Crippen LogP contribution in [-0.4, -0.2) is 6.29 Å². The van der Waals surface area contributed by atoms with Crippen LogP contribution in [0.25, 0.3) is 0 Å². The van der Waals surface area contributed by atoms with E-state index in [2.05, 4.69) is 6.08 Å². The molecule has 61 valence electrons. The lowest BCUT2D eigenvalue weighted by Gasteiger charge is -2.17. The highest BCUT2D eigenvalue weighted by Crippen LogP contribution is 2.24. The quantitative estimate of drug-likeness (QED) is 0.567. The van der Waals surface area contributed by atoms with Gasteiger partial charge in [-0.15, -0.1) is 0 Å². The van der Waals surface area contributed by atoms with E-state index in [0.717, 1.165) is 5.92 Å². The molecular weight excluding hydrogens is 136 g/mol. The van der Waals surface area contributed by atoms with Crippen molar-refractivity contribution < 1.29 is 4.79 Å². The molecule has 0 atom stereocenters. The molecule has 0 amide bonds. The molecule has 0 aromatic carbocycles. The van der Waals surface area contributed by atoms with Crippen LogP contribution in [0.2, 0.25) is 0 Å². The summed E-state index contributed by atoms with van der Waals surface area (Å²) in [7, 11) is 0. The molecule has 1 radical (unpaired) electrons. The first-order valence-corrected chi connectivity index (χ1v) is 4.45. The standard InChI is InChI=1S/C10H15O/c11-9-5-4-8-10-6-2-1-3-7-10/h4,8,10H,1-3,5-7H2/b8-4+. The number of allylic oxidation sites excluding steroid dienone is 2. The van der Waals surface area contributed by atoms with E-state index in [-0.39, 0.29) is 0 Å². The van der Waals surface area contributed by atoms with Gasteiger partial charge in [0.25, 0.3) is 0 Å². The summed E-state index contributed by atoms with van der Waals surface area (Å²) >= 11 is 0. The maximum Gasteiger partial charge on any atom is 0.202 e. The predicted octanol–water partition coefficient (Wildman–Crippen LogP) is 2.62. The van der Waals surface area contributed by atoms with Gasteiger partial charge in [-0.05, 0) is 18.8 Å². The smallest absolute Gasteiger partial charge is 0.202 e. The molecule has 0 saturated heterocycles. The second-order valence-corrected chi connectivity index (χ2v) is 3.17. The number of carbonyl (C=O) groups excluding carboxylic acids is 1. The minimum absolute atomic E-state index is 0.469. The van der Waals surface area contributed by atoms with Gasteiger partial charge in [-0.25, -0.2) is 0 Å². The zero-order valence-electron chi connectivity index (χ0n) is 6.88. The predicted molar refractivity (Wildman–Crippen MR) is 46.0 cm³/mol. The van der Waals surface area contributed by atoms with Gasteiger partial charge in [-0.2, -0.15) is 0 Å². The first kappa shape index (κ1) is 8.51. The second kappa shape index (κ2) is 5.11. The van der Waals surface area contributed by atoms with Crippen molar-refractivity contribution in [3.8, 4) is 0 Å². The lowest BCUT2D eigenvalue weighted by molar-refractivity contribution is 0.419. The highest BCUT2D eigenvalue weighted by Gasteiger charge is 2.08. The highest BCUT2D eigenvalue weighted by atomic mass is 16.1. The van der Waals surface area contributed by atoms with Crippen molar-refractivity contribution in [2.24, 2.45) is 5.92 Å². The fraction of sp³-hybridized carbons (Fsp3) is 0.700. The number of rotatable bonds is 3. The van der Waals surface area contributed by atoms with Gasteiger partial charge in [0.1, 0.15) is 0 Å². The second-order valence-electron chi connectivity index (χ2n) is 3.17. The maximum atomic E-state index is 9.87. The van der Waals surface area contributed by atoms with Gasteiger partial charge >= 0.3 is 0 Å². The monoisotopic (exact) mass is 151 g/mol. The molecule has 1 aliphatic rings. The third-order valence-corrected chi connectivity index (χ3v) is 2.26. The highest BCUT2D eigenvalue weighted by molar-refractivity contribution is 5.52. The van der Waals surface area contributed by atoms with Crippen LogP contribution >= 0.6 is 0 Å². The fourth-order valence-electron chi connectivity index (χ4n) is 1.64. The minimum Gasteiger partial charge on any atom is -0.291 e. The van der Waals surface area contributed by atoms with Crippen LogP contribution < -0.4 is 0 Å². The molecule has 1 saturated carbocycles. The molecular formula is C10H15O. The Labute approximate surface area is 68.5 Å². The van der Waals surface area contributed by atoms with E-state index in [9.17, 15) is 4.79 Å². The SMILES string of the molecule is O=[C]C/C=C/C1CCCCC1. The Morgan fingerprint density at radius 1 is 1.27 bits per heavy atom. The van der Waals surface area contributed by atoms with E-state index in [1.165, 1.54) is 32.1 Å². The summed E-state index contributed by atoms with van der Waals surface area (Å²) in [5.41, 5.74) is 0. The summed E-state index contributed by atoms with van der Waals surface area (Å²) in [6.45, 7) is 0. The van der Waals surface area contributed by atoms with Crippen LogP contribution in [0.5, 0.6) is 0 Å². The number of hydrogen-bond acceptors (Lipinski definition) is 1. The zero-order chi connectivity index (χ0) is 7.94. The Kier molecular flexibility index (Phi) is 3.95. The Balaban J connectivity index is 2.18. The van der Waals surface area contributed by atoms with Gasteiger partial charge in [-0.1, -0.05) is 31.4 Å². The minimum atomic E-state index is 0.469. The first-order valence-electron chi connectivity index (χ1n) is 4.45. The van der Waals surface area contributed by atoms with E-state index in [1.807, 2.05) is 12.4 Å². The molecule has 0 heterocycles. The van der Waals surface area contributed by atoms with Gasteiger partial charge in [0.05, 0.1) is 0 Å². The van der Waals surface area contributed by atoms with Crippen molar-refractivity contribution in [3.63, 3.8) is 0 Å². The van der Waals surface area contributed by atoms with Gasteiger partial charge in [-0.3, -0.25) is 4.79 Å². The number of hydrogen-bond donors (Lipinski definition) is 0. The molecule has 0 aromatic rings. The zero-order valence-corrected chi connectivity index (χ0v) is 6.88. The Bertz CT molecular complexity index is 132. The van der Waals surface area contributed by atoms with E-state index in [0.29, 0.717) is 6.42 Å². The van der Waals surface area contributed by atoms with E-state index in [4.69, 9.17) is 0 Å². The summed E-state index contributed by atoms with van der Waals surface area (Å²) in [4.78, 5) is 9.87. The van der Waals surface area contributed by atoms with E-state index >= 15 is 0 Å². The summed E-state index contributed by atoms with van der Waals surface area (Å²) < 4.78 is 0. The van der Waals surface area contributed by atoms with Gasteiger partial charge < -0.3 is 0 Å². The molecule has 11 heavy (non-hydrogen) atoms. The van der Waals surface area contributed by atoms with Crippen molar-refractivity contribution in [1.82, 2.24) is 0 Å². The molecule has 1 nitrogen and oxygen atoms in total. The average molecular weight is 151 g/mol. The van der Waals surface area contributed by atoms with Crippen LogP contribution in [0.4, 0.5) is 0 Å². The molecule has 0 aliphatic heterocycles. The Morgan fingerprint density at radius 3 is 2.64 bits per heavy atom. The summed E-state index contributed by atoms with van der Waals surface area (Å²) in [6, 6.07) is 0. The summed E-state index contributed by atoms with van der Waals surface area (Å²) in [5, 5.41) is 0. The van der Waals surface area contributed by atoms with Gasteiger partial charge in [0.2, 0.25) is 6.29 Å². The van der Waals surface area contributed by atoms with Crippen LogP contribution in [0.3, 0.4) is 0 Å². The molecule has 0 unspecified atom stereocenters. The van der Waals surface area contributed by atoms with Crippen molar-refractivity contribution in [2.75, 3.05) is 0 Å². The summed E-state index contributed by atoms with van der Waals surface area (Å²) in [6.07, 6.45) is 13.2. The van der Waals surface area contributed by atoms with E-state index in [1.54, 1.807) is 0 Å². The maximum absolute atomic E-state index is 9.87. The Hall–Kier alpha value is -0.590. The largest absolute Gasteiger partial charge is 0.291 e. The van der Waals surface area contributed by atoms with Crippen LogP contribution in [0.1, 0.15) is 38.5 Å². The van der Waals surface area contributed by atoms with Gasteiger partial charge in [0.15, 0.2) is 0 Å². The molecule has 1 heteroatoms. The Morgan fingerprint density at radius 2 is 2.00 bits per heavy atom. The molecule has 1 aliphatic carbocycles. The topological polar surface area (TPSA) is 17.1 Å². The third-order valence-electron chi connectivity index (χ3n) is 2.26. The molecule has 0 N–H and O–H groups in total. The van der Waals surface area contributed by atoms with Crippen LogP contribution in [0, 0.1) is 5.92 Å². The van der Waals surface area contributed by atoms with Crippen LogP contribution in [-0.2, 0) is 4.79 Å². The lowest BCUT2D eigenvalue weighted by Crippen LogP contribution is -2.02. The van der Waals surface area contributed by atoms with Gasteiger partial charge in [0, 0.05) is 6.42 Å². The normalized spacial score (nSPS) is 20.7. The van der Waals surface area contributed by atoms with Crippen molar-refractivity contribution in [2.45, 2.75) is 38.5 Å². The fourth-order valence-corrected chi connectivity index (χ4v) is 1.64. The van der Waals surface area contributed by atoms with Crippen molar-refractivity contribution in [3.05, 3.63) is 12.2 Å². The van der Waals surface area contributed by atoms with Crippen LogP contribution in [0.15, 0.2) is 12.2 Å². The molecule has 0 bridgehead atoms. The molecule has 1 rings (SSSR count). The first-order chi connectivity index (χ1) is 5.43. The molecule has 1 fully saturated rings. The molecule has 0 spiro atoms. The van der Waals surface area contributed by atoms with Crippen molar-refractivity contribution in [1.29, 1.82) is 0 Å². The third kappa shape index (κ3) is 3.35. The average Bonchev–Trinajstić information content (AvgIpc) is 2.07. The van der Waals surface area contributed by atoms with E-state index < -0.39 is 0 Å². The molecule has 0 aromatic heterocycles. The summed E-state index contributed by atoms with van der Waals surface area (Å²) in [5.74, 6) is 0.747. The van der Waals surface area contributed by atoms with Crippen molar-refractivity contribution >= 4 is 6.29 Å².